The fourth-order valence-electron chi connectivity index (χ4n) is 1.97. The van der Waals surface area contributed by atoms with Gasteiger partial charge in [0.1, 0.15) is 0 Å². The first-order valence-corrected chi connectivity index (χ1v) is 6.18. The molecule has 1 aliphatic rings. The molecule has 0 N–H and O–H groups in total. The molecule has 1 aromatic rings. The smallest absolute Gasteiger partial charge is 0.182 e. The van der Waals surface area contributed by atoms with Crippen LogP contribution in [-0.2, 0) is 4.79 Å². The van der Waals surface area contributed by atoms with E-state index in [0.717, 1.165) is 16.7 Å². The summed E-state index contributed by atoms with van der Waals surface area (Å²) in [4.78, 5) is 11.9. The number of hydrogen-bond donors (Lipinski definition) is 0. The van der Waals surface area contributed by atoms with E-state index in [1.165, 1.54) is 0 Å². The van der Waals surface area contributed by atoms with Gasteiger partial charge in [0.2, 0.25) is 0 Å². The summed E-state index contributed by atoms with van der Waals surface area (Å²) in [6, 6.07) is 10.1. The number of ketones is 1. The van der Waals surface area contributed by atoms with Gasteiger partial charge in [-0.3, -0.25) is 4.79 Å². The molecule has 1 aliphatic carbocycles. The van der Waals surface area contributed by atoms with Gasteiger partial charge >= 0.3 is 0 Å². The van der Waals surface area contributed by atoms with Crippen molar-refractivity contribution in [3.05, 3.63) is 65.3 Å². The highest BCUT2D eigenvalue weighted by Gasteiger charge is 2.23. The molecule has 18 heavy (non-hydrogen) atoms. The van der Waals surface area contributed by atoms with Crippen LogP contribution in [-0.4, -0.2) is 5.78 Å². The molecule has 1 heteroatoms. The van der Waals surface area contributed by atoms with E-state index in [1.807, 2.05) is 30.4 Å². The second-order valence-electron chi connectivity index (χ2n) is 5.56. The highest BCUT2D eigenvalue weighted by molar-refractivity contribution is 6.07. The SMILES string of the molecule is CC(C)(C)C1=CC(=Cc2ccccc2)C=CC1=O. The zero-order chi connectivity index (χ0) is 13.2. The molecular formula is C17H18O. The van der Waals surface area contributed by atoms with Gasteiger partial charge in [-0.25, -0.2) is 0 Å². The molecule has 0 fully saturated rings. The molecule has 0 radical (unpaired) electrons. The Morgan fingerprint density at radius 2 is 1.67 bits per heavy atom. The highest BCUT2D eigenvalue weighted by atomic mass is 16.1. The summed E-state index contributed by atoms with van der Waals surface area (Å²) >= 11 is 0. The fraction of sp³-hybridized carbons (Fsp3) is 0.235. The molecule has 0 unspecified atom stereocenters. The minimum absolute atomic E-state index is 0.113. The summed E-state index contributed by atoms with van der Waals surface area (Å²) < 4.78 is 0. The summed E-state index contributed by atoms with van der Waals surface area (Å²) in [5.41, 5.74) is 2.98. The molecule has 0 heterocycles. The fourth-order valence-corrected chi connectivity index (χ4v) is 1.97. The van der Waals surface area contributed by atoms with E-state index in [0.29, 0.717) is 0 Å². The van der Waals surface area contributed by atoms with Crippen molar-refractivity contribution in [1.29, 1.82) is 0 Å². The van der Waals surface area contributed by atoms with E-state index in [2.05, 4.69) is 39.0 Å². The lowest BCUT2D eigenvalue weighted by atomic mass is 9.80. The number of benzene rings is 1. The maximum Gasteiger partial charge on any atom is 0.182 e. The average molecular weight is 238 g/mol. The van der Waals surface area contributed by atoms with Gasteiger partial charge in [0.15, 0.2) is 5.78 Å². The molecule has 0 aliphatic heterocycles. The number of rotatable bonds is 1. The van der Waals surface area contributed by atoms with Crippen molar-refractivity contribution in [2.24, 2.45) is 5.41 Å². The number of carbonyl (C=O) groups is 1. The van der Waals surface area contributed by atoms with Crippen LogP contribution < -0.4 is 0 Å². The molecule has 1 nitrogen and oxygen atoms in total. The number of carbonyl (C=O) groups excluding carboxylic acids is 1. The monoisotopic (exact) mass is 238 g/mol. The van der Waals surface area contributed by atoms with E-state index in [9.17, 15) is 4.79 Å². The Labute approximate surface area is 109 Å². The van der Waals surface area contributed by atoms with Gasteiger partial charge < -0.3 is 0 Å². The molecule has 0 aromatic heterocycles. The van der Waals surface area contributed by atoms with E-state index in [1.54, 1.807) is 6.08 Å². The van der Waals surface area contributed by atoms with E-state index >= 15 is 0 Å². The lowest BCUT2D eigenvalue weighted by Gasteiger charge is -2.23. The van der Waals surface area contributed by atoms with Crippen LogP contribution in [0.2, 0.25) is 0 Å². The topological polar surface area (TPSA) is 17.1 Å². The van der Waals surface area contributed by atoms with Crippen molar-refractivity contribution in [3.8, 4) is 0 Å². The van der Waals surface area contributed by atoms with Crippen LogP contribution in [0.1, 0.15) is 26.3 Å². The standard InChI is InChI=1S/C17H18O/c1-17(2,3)15-12-14(9-10-16(15)18)11-13-7-5-4-6-8-13/h4-12H,1-3H3. The first-order valence-electron chi connectivity index (χ1n) is 6.18. The van der Waals surface area contributed by atoms with Crippen molar-refractivity contribution in [2.45, 2.75) is 20.8 Å². The van der Waals surface area contributed by atoms with Crippen LogP contribution in [0.5, 0.6) is 0 Å². The molecule has 0 spiro atoms. The van der Waals surface area contributed by atoms with Gasteiger partial charge in [0, 0.05) is 5.57 Å². The van der Waals surface area contributed by atoms with Crippen molar-refractivity contribution < 1.29 is 4.79 Å². The Balaban J connectivity index is 2.37. The van der Waals surface area contributed by atoms with E-state index in [-0.39, 0.29) is 11.2 Å². The van der Waals surface area contributed by atoms with Crippen LogP contribution >= 0.6 is 0 Å². The number of hydrogen-bond acceptors (Lipinski definition) is 1. The van der Waals surface area contributed by atoms with E-state index < -0.39 is 0 Å². The second kappa shape index (κ2) is 4.77. The molecule has 0 saturated heterocycles. The number of allylic oxidation sites excluding steroid dienone is 5. The third-order valence-electron chi connectivity index (χ3n) is 2.94. The Hall–Kier alpha value is -1.89. The summed E-state index contributed by atoms with van der Waals surface area (Å²) in [6.45, 7) is 6.20. The predicted molar refractivity (Wildman–Crippen MR) is 76.1 cm³/mol. The van der Waals surface area contributed by atoms with Gasteiger partial charge in [0.05, 0.1) is 0 Å². The minimum Gasteiger partial charge on any atom is -0.290 e. The summed E-state index contributed by atoms with van der Waals surface area (Å²) in [7, 11) is 0. The van der Waals surface area contributed by atoms with Crippen molar-refractivity contribution >= 4 is 11.9 Å². The first-order chi connectivity index (χ1) is 8.47. The van der Waals surface area contributed by atoms with Gasteiger partial charge in [-0.05, 0) is 34.8 Å². The summed E-state index contributed by atoms with van der Waals surface area (Å²) in [5, 5.41) is 0. The third-order valence-corrected chi connectivity index (χ3v) is 2.94. The molecule has 0 bridgehead atoms. The third kappa shape index (κ3) is 2.86. The van der Waals surface area contributed by atoms with Crippen molar-refractivity contribution in [2.75, 3.05) is 0 Å². The Kier molecular flexibility index (Phi) is 3.33. The van der Waals surface area contributed by atoms with Gasteiger partial charge in [-0.15, -0.1) is 0 Å². The Morgan fingerprint density at radius 1 is 1.00 bits per heavy atom. The van der Waals surface area contributed by atoms with Crippen LogP contribution in [0.25, 0.3) is 6.08 Å². The minimum atomic E-state index is -0.113. The van der Waals surface area contributed by atoms with Crippen LogP contribution in [0.3, 0.4) is 0 Å². The second-order valence-corrected chi connectivity index (χ2v) is 5.56. The van der Waals surface area contributed by atoms with Gasteiger partial charge in [-0.2, -0.15) is 0 Å². The first kappa shape index (κ1) is 12.6. The largest absolute Gasteiger partial charge is 0.290 e. The van der Waals surface area contributed by atoms with Gasteiger partial charge in [0.25, 0.3) is 0 Å². The maximum atomic E-state index is 11.9. The molecule has 0 atom stereocenters. The van der Waals surface area contributed by atoms with E-state index in [4.69, 9.17) is 0 Å². The molecule has 0 amide bonds. The molecule has 2 rings (SSSR count). The van der Waals surface area contributed by atoms with Crippen molar-refractivity contribution in [3.63, 3.8) is 0 Å². The molecule has 92 valence electrons. The van der Waals surface area contributed by atoms with Crippen LogP contribution in [0.15, 0.2) is 59.7 Å². The predicted octanol–water partition coefficient (Wildman–Crippen LogP) is 4.18. The zero-order valence-electron chi connectivity index (χ0n) is 11.1. The summed E-state index contributed by atoms with van der Waals surface area (Å²) in [6.07, 6.45) is 7.63. The average Bonchev–Trinajstić information content (AvgIpc) is 2.31. The lowest BCUT2D eigenvalue weighted by molar-refractivity contribution is -0.112. The molecular weight excluding hydrogens is 220 g/mol. The van der Waals surface area contributed by atoms with Crippen molar-refractivity contribution in [1.82, 2.24) is 0 Å². The normalized spacial score (nSPS) is 18.1. The van der Waals surface area contributed by atoms with Crippen LogP contribution in [0.4, 0.5) is 0 Å². The Morgan fingerprint density at radius 3 is 2.28 bits per heavy atom. The quantitative estimate of drug-likeness (QED) is 0.717. The van der Waals surface area contributed by atoms with Gasteiger partial charge in [-0.1, -0.05) is 57.2 Å². The Bertz CT molecular complexity index is 537. The maximum absolute atomic E-state index is 11.9. The molecule has 0 saturated carbocycles. The molecule has 1 aromatic carbocycles. The lowest BCUT2D eigenvalue weighted by Crippen LogP contribution is -2.18. The zero-order valence-corrected chi connectivity index (χ0v) is 11.1. The summed E-state index contributed by atoms with van der Waals surface area (Å²) in [5.74, 6) is 0.118. The van der Waals surface area contributed by atoms with Crippen LogP contribution in [0, 0.1) is 5.41 Å². The highest BCUT2D eigenvalue weighted by Crippen LogP contribution is 2.30.